The number of rotatable bonds is 7. The van der Waals surface area contributed by atoms with Crippen molar-refractivity contribution in [3.63, 3.8) is 0 Å². The molecule has 2 atom stereocenters. The van der Waals surface area contributed by atoms with Crippen molar-refractivity contribution in [2.45, 2.75) is 52.1 Å². The molecule has 1 aromatic rings. The summed E-state index contributed by atoms with van der Waals surface area (Å²) in [6, 6.07) is 11.1. The third kappa shape index (κ3) is 4.94. The first-order chi connectivity index (χ1) is 8.67. The molecule has 0 amide bonds. The lowest BCUT2D eigenvalue weighted by molar-refractivity contribution is 0.399. The monoisotopic (exact) mass is 243 g/mol. The quantitative estimate of drug-likeness (QED) is 0.709. The van der Waals surface area contributed by atoms with Crippen LogP contribution in [0.3, 0.4) is 0 Å². The molecule has 1 rings (SSSR count). The Bertz CT molecular complexity index is 361. The van der Waals surface area contributed by atoms with Crippen LogP contribution in [0, 0.1) is 18.3 Å². The van der Waals surface area contributed by atoms with Crippen molar-refractivity contribution in [1.29, 1.82) is 0 Å². The SMILES string of the molecule is C#CC(CCC)NC(CC(C)C)c1ccccc1. The molecule has 0 aliphatic rings. The second-order valence-corrected chi connectivity index (χ2v) is 5.27. The fourth-order valence-electron chi connectivity index (χ4n) is 2.20. The first kappa shape index (κ1) is 14.8. The average Bonchev–Trinajstić information content (AvgIpc) is 2.37. The van der Waals surface area contributed by atoms with Crippen molar-refractivity contribution in [1.82, 2.24) is 5.32 Å². The molecule has 1 N–H and O–H groups in total. The lowest BCUT2D eigenvalue weighted by atomic mass is 9.96. The first-order valence-corrected chi connectivity index (χ1v) is 6.94. The number of nitrogens with one attached hydrogen (secondary N) is 1. The maximum absolute atomic E-state index is 5.60. The second kappa shape index (κ2) is 7.95. The average molecular weight is 243 g/mol. The van der Waals surface area contributed by atoms with Gasteiger partial charge in [0.2, 0.25) is 0 Å². The maximum Gasteiger partial charge on any atom is 0.0691 e. The number of hydrogen-bond acceptors (Lipinski definition) is 1. The minimum Gasteiger partial charge on any atom is -0.297 e. The summed E-state index contributed by atoms with van der Waals surface area (Å²) in [6.45, 7) is 6.68. The Morgan fingerprint density at radius 1 is 1.22 bits per heavy atom. The summed E-state index contributed by atoms with van der Waals surface area (Å²) in [5.41, 5.74) is 1.34. The number of terminal acetylenes is 1. The van der Waals surface area contributed by atoms with Gasteiger partial charge in [0.25, 0.3) is 0 Å². The van der Waals surface area contributed by atoms with Crippen LogP contribution in [0.4, 0.5) is 0 Å². The van der Waals surface area contributed by atoms with Crippen LogP contribution in [0.5, 0.6) is 0 Å². The van der Waals surface area contributed by atoms with Crippen molar-refractivity contribution in [2.75, 3.05) is 0 Å². The van der Waals surface area contributed by atoms with Gasteiger partial charge in [-0.25, -0.2) is 0 Å². The normalized spacial score (nSPS) is 14.2. The highest BCUT2D eigenvalue weighted by molar-refractivity contribution is 5.20. The van der Waals surface area contributed by atoms with E-state index in [1.807, 2.05) is 0 Å². The molecule has 0 aliphatic carbocycles. The van der Waals surface area contributed by atoms with Gasteiger partial charge in [-0.3, -0.25) is 5.32 Å². The molecule has 0 aliphatic heterocycles. The fourth-order valence-corrected chi connectivity index (χ4v) is 2.20. The lowest BCUT2D eigenvalue weighted by Gasteiger charge is -2.24. The smallest absolute Gasteiger partial charge is 0.0691 e. The maximum atomic E-state index is 5.60. The molecule has 1 aromatic carbocycles. The van der Waals surface area contributed by atoms with Crippen molar-refractivity contribution in [3.05, 3.63) is 35.9 Å². The molecule has 18 heavy (non-hydrogen) atoms. The molecule has 0 saturated heterocycles. The molecule has 0 radical (unpaired) electrons. The van der Waals surface area contributed by atoms with Gasteiger partial charge < -0.3 is 0 Å². The third-order valence-corrected chi connectivity index (χ3v) is 3.09. The van der Waals surface area contributed by atoms with Gasteiger partial charge in [-0.2, -0.15) is 0 Å². The standard InChI is InChI=1S/C17H25N/c1-5-10-16(6-2)18-17(13-14(3)4)15-11-8-7-9-12-15/h2,7-9,11-12,14,16-18H,5,10,13H2,1,3-4H3. The summed E-state index contributed by atoms with van der Waals surface area (Å²) >= 11 is 0. The molecule has 0 aromatic heterocycles. The summed E-state index contributed by atoms with van der Waals surface area (Å²) in [4.78, 5) is 0. The van der Waals surface area contributed by atoms with Gasteiger partial charge >= 0.3 is 0 Å². The molecule has 0 heterocycles. The predicted octanol–water partition coefficient (Wildman–Crippen LogP) is 4.17. The van der Waals surface area contributed by atoms with Crippen molar-refractivity contribution in [3.8, 4) is 12.3 Å². The van der Waals surface area contributed by atoms with Crippen LogP contribution in [0.2, 0.25) is 0 Å². The van der Waals surface area contributed by atoms with Gasteiger partial charge in [-0.05, 0) is 24.3 Å². The van der Waals surface area contributed by atoms with Gasteiger partial charge in [-0.1, -0.05) is 63.4 Å². The summed E-state index contributed by atoms with van der Waals surface area (Å²) < 4.78 is 0. The van der Waals surface area contributed by atoms with Gasteiger partial charge in [0.1, 0.15) is 0 Å². The molecular formula is C17H25N. The highest BCUT2D eigenvalue weighted by Gasteiger charge is 2.16. The molecule has 0 spiro atoms. The zero-order chi connectivity index (χ0) is 13.4. The molecule has 0 bridgehead atoms. The van der Waals surface area contributed by atoms with E-state index in [2.05, 4.69) is 62.3 Å². The van der Waals surface area contributed by atoms with Crippen LogP contribution in [-0.2, 0) is 0 Å². The van der Waals surface area contributed by atoms with E-state index in [1.54, 1.807) is 0 Å². The highest BCUT2D eigenvalue weighted by Crippen LogP contribution is 2.22. The van der Waals surface area contributed by atoms with Gasteiger partial charge in [-0.15, -0.1) is 6.42 Å². The van der Waals surface area contributed by atoms with Gasteiger partial charge in [0.05, 0.1) is 6.04 Å². The number of hydrogen-bond donors (Lipinski definition) is 1. The Hall–Kier alpha value is -1.26. The van der Waals surface area contributed by atoms with Crippen LogP contribution >= 0.6 is 0 Å². The summed E-state index contributed by atoms with van der Waals surface area (Å²) in [6.07, 6.45) is 8.88. The highest BCUT2D eigenvalue weighted by atomic mass is 14.9. The van der Waals surface area contributed by atoms with Gasteiger partial charge in [0.15, 0.2) is 0 Å². The van der Waals surface area contributed by atoms with E-state index in [-0.39, 0.29) is 6.04 Å². The Labute approximate surface area is 112 Å². The first-order valence-electron chi connectivity index (χ1n) is 6.94. The molecule has 1 nitrogen and oxygen atoms in total. The lowest BCUT2D eigenvalue weighted by Crippen LogP contribution is -2.32. The Balaban J connectivity index is 2.76. The second-order valence-electron chi connectivity index (χ2n) is 5.27. The molecule has 0 fully saturated rings. The van der Waals surface area contributed by atoms with Crippen LogP contribution in [-0.4, -0.2) is 6.04 Å². The van der Waals surface area contributed by atoms with E-state index in [0.717, 1.165) is 19.3 Å². The molecular weight excluding hydrogens is 218 g/mol. The minimum atomic E-state index is 0.180. The Morgan fingerprint density at radius 2 is 1.89 bits per heavy atom. The van der Waals surface area contributed by atoms with Crippen molar-refractivity contribution >= 4 is 0 Å². The summed E-state index contributed by atoms with van der Waals surface area (Å²) in [5.74, 6) is 3.52. The van der Waals surface area contributed by atoms with Crippen LogP contribution in [0.25, 0.3) is 0 Å². The van der Waals surface area contributed by atoms with E-state index in [9.17, 15) is 0 Å². The summed E-state index contributed by atoms with van der Waals surface area (Å²) in [7, 11) is 0. The molecule has 1 heteroatoms. The van der Waals surface area contributed by atoms with Crippen LogP contribution < -0.4 is 5.32 Å². The van der Waals surface area contributed by atoms with Gasteiger partial charge in [0, 0.05) is 6.04 Å². The van der Waals surface area contributed by atoms with Crippen molar-refractivity contribution < 1.29 is 0 Å². The third-order valence-electron chi connectivity index (χ3n) is 3.09. The molecule has 2 unspecified atom stereocenters. The van der Waals surface area contributed by atoms with Crippen LogP contribution in [0.1, 0.15) is 51.6 Å². The Kier molecular flexibility index (Phi) is 6.54. The fraction of sp³-hybridized carbons (Fsp3) is 0.529. The molecule has 0 saturated carbocycles. The van der Waals surface area contributed by atoms with E-state index < -0.39 is 0 Å². The van der Waals surface area contributed by atoms with Crippen LogP contribution in [0.15, 0.2) is 30.3 Å². The van der Waals surface area contributed by atoms with E-state index in [0.29, 0.717) is 12.0 Å². The number of benzene rings is 1. The van der Waals surface area contributed by atoms with E-state index in [1.165, 1.54) is 5.56 Å². The zero-order valence-electron chi connectivity index (χ0n) is 11.8. The largest absolute Gasteiger partial charge is 0.297 e. The topological polar surface area (TPSA) is 12.0 Å². The van der Waals surface area contributed by atoms with E-state index in [4.69, 9.17) is 6.42 Å². The van der Waals surface area contributed by atoms with Crippen molar-refractivity contribution in [2.24, 2.45) is 5.92 Å². The molecule has 98 valence electrons. The minimum absolute atomic E-state index is 0.180. The zero-order valence-corrected chi connectivity index (χ0v) is 11.8. The predicted molar refractivity (Wildman–Crippen MR) is 79.3 cm³/mol. The van der Waals surface area contributed by atoms with E-state index >= 15 is 0 Å². The Morgan fingerprint density at radius 3 is 2.39 bits per heavy atom. The summed E-state index contributed by atoms with van der Waals surface area (Å²) in [5, 5.41) is 3.62.